The van der Waals surface area contributed by atoms with E-state index in [4.69, 9.17) is 4.74 Å². The van der Waals surface area contributed by atoms with Crippen LogP contribution in [0, 0.1) is 6.92 Å². The highest BCUT2D eigenvalue weighted by molar-refractivity contribution is 6.06. The van der Waals surface area contributed by atoms with Crippen molar-refractivity contribution in [2.75, 3.05) is 12.4 Å². The maximum absolute atomic E-state index is 12.6. The lowest BCUT2D eigenvalue weighted by atomic mass is 10.1. The lowest BCUT2D eigenvalue weighted by molar-refractivity contribution is 0.102. The Kier molecular flexibility index (Phi) is 4.06. The van der Waals surface area contributed by atoms with Crippen LogP contribution in [0.25, 0.3) is 10.9 Å². The number of fused-ring (bicyclic) bond motifs is 1. The summed E-state index contributed by atoms with van der Waals surface area (Å²) in [6.07, 6.45) is 0.876. The average Bonchev–Trinajstić information content (AvgIpc) is 2.99. The maximum atomic E-state index is 12.6. The second-order valence-electron chi connectivity index (χ2n) is 5.55. The van der Waals surface area contributed by atoms with Crippen molar-refractivity contribution >= 4 is 22.5 Å². The largest absolute Gasteiger partial charge is 0.497 e. The first-order valence-corrected chi connectivity index (χ1v) is 7.69. The van der Waals surface area contributed by atoms with E-state index in [0.29, 0.717) is 5.69 Å². The Morgan fingerprint density at radius 3 is 2.78 bits per heavy atom. The van der Waals surface area contributed by atoms with Crippen LogP contribution in [0.3, 0.4) is 0 Å². The topological polar surface area (TPSA) is 54.1 Å². The van der Waals surface area contributed by atoms with Crippen molar-refractivity contribution in [2.45, 2.75) is 20.3 Å². The molecule has 0 atom stereocenters. The molecule has 118 valence electrons. The van der Waals surface area contributed by atoms with Gasteiger partial charge >= 0.3 is 0 Å². The first kappa shape index (κ1) is 15.2. The first-order chi connectivity index (χ1) is 11.1. The van der Waals surface area contributed by atoms with Gasteiger partial charge < -0.3 is 15.0 Å². The van der Waals surface area contributed by atoms with Gasteiger partial charge in [0.25, 0.3) is 5.91 Å². The molecule has 1 aromatic heterocycles. The van der Waals surface area contributed by atoms with Gasteiger partial charge in [-0.2, -0.15) is 0 Å². The van der Waals surface area contributed by atoms with Crippen LogP contribution in [-0.2, 0) is 6.42 Å². The molecular formula is C19H20N2O2. The number of aromatic nitrogens is 1. The molecule has 0 unspecified atom stereocenters. The highest BCUT2D eigenvalue weighted by atomic mass is 16.5. The molecule has 1 heterocycles. The van der Waals surface area contributed by atoms with Gasteiger partial charge in [-0.3, -0.25) is 4.79 Å². The molecule has 0 saturated heterocycles. The molecule has 2 N–H and O–H groups in total. The third-order valence-corrected chi connectivity index (χ3v) is 4.05. The summed E-state index contributed by atoms with van der Waals surface area (Å²) < 4.78 is 5.22. The Labute approximate surface area is 135 Å². The minimum atomic E-state index is -0.135. The van der Waals surface area contributed by atoms with Gasteiger partial charge in [-0.1, -0.05) is 25.1 Å². The smallest absolute Gasteiger partial charge is 0.272 e. The minimum Gasteiger partial charge on any atom is -0.497 e. The SMILES string of the molecule is CCc1cccc(C)c1NC(=O)c1cc2cc(OC)ccc2[nH]1. The van der Waals surface area contributed by atoms with E-state index in [0.717, 1.165) is 39.9 Å². The molecule has 0 radical (unpaired) electrons. The Bertz CT molecular complexity index is 865. The molecule has 4 nitrogen and oxygen atoms in total. The van der Waals surface area contributed by atoms with Crippen LogP contribution in [0.5, 0.6) is 5.75 Å². The van der Waals surface area contributed by atoms with E-state index in [2.05, 4.69) is 17.2 Å². The number of carbonyl (C=O) groups is 1. The number of nitrogens with one attached hydrogen (secondary N) is 2. The Morgan fingerprint density at radius 1 is 1.22 bits per heavy atom. The van der Waals surface area contributed by atoms with Gasteiger partial charge in [-0.25, -0.2) is 0 Å². The third kappa shape index (κ3) is 2.93. The number of aryl methyl sites for hydroxylation is 2. The number of hydrogen-bond acceptors (Lipinski definition) is 2. The normalized spacial score (nSPS) is 10.7. The number of H-pyrrole nitrogens is 1. The van der Waals surface area contributed by atoms with Crippen LogP contribution in [-0.4, -0.2) is 18.0 Å². The number of carbonyl (C=O) groups excluding carboxylic acids is 1. The quantitative estimate of drug-likeness (QED) is 0.755. The minimum absolute atomic E-state index is 0.135. The highest BCUT2D eigenvalue weighted by Gasteiger charge is 2.13. The summed E-state index contributed by atoms with van der Waals surface area (Å²) in [5.41, 5.74) is 4.55. The van der Waals surface area contributed by atoms with Crippen molar-refractivity contribution in [2.24, 2.45) is 0 Å². The van der Waals surface area contributed by atoms with Crippen LogP contribution >= 0.6 is 0 Å². The van der Waals surface area contributed by atoms with E-state index in [-0.39, 0.29) is 5.91 Å². The van der Waals surface area contributed by atoms with Crippen LogP contribution in [0.4, 0.5) is 5.69 Å². The monoisotopic (exact) mass is 308 g/mol. The summed E-state index contributed by atoms with van der Waals surface area (Å²) in [7, 11) is 1.63. The maximum Gasteiger partial charge on any atom is 0.272 e. The number of para-hydroxylation sites is 1. The molecule has 0 spiro atoms. The van der Waals surface area contributed by atoms with E-state index in [1.807, 2.05) is 49.4 Å². The number of ether oxygens (including phenoxy) is 1. The second-order valence-corrected chi connectivity index (χ2v) is 5.55. The zero-order valence-electron chi connectivity index (χ0n) is 13.6. The van der Waals surface area contributed by atoms with Gasteiger partial charge in [-0.15, -0.1) is 0 Å². The molecule has 3 rings (SSSR count). The first-order valence-electron chi connectivity index (χ1n) is 7.69. The highest BCUT2D eigenvalue weighted by Crippen LogP contribution is 2.24. The Hall–Kier alpha value is -2.75. The van der Waals surface area contributed by atoms with Crippen molar-refractivity contribution in [3.05, 3.63) is 59.3 Å². The molecule has 0 aliphatic heterocycles. The molecule has 2 aromatic carbocycles. The zero-order chi connectivity index (χ0) is 16.4. The molecule has 0 aliphatic rings. The van der Waals surface area contributed by atoms with Crippen LogP contribution in [0.2, 0.25) is 0 Å². The lowest BCUT2D eigenvalue weighted by Crippen LogP contribution is -2.14. The summed E-state index contributed by atoms with van der Waals surface area (Å²) in [5.74, 6) is 0.639. The number of aromatic amines is 1. The summed E-state index contributed by atoms with van der Waals surface area (Å²) in [4.78, 5) is 15.7. The fourth-order valence-corrected chi connectivity index (χ4v) is 2.74. The van der Waals surface area contributed by atoms with Crippen molar-refractivity contribution in [3.63, 3.8) is 0 Å². The third-order valence-electron chi connectivity index (χ3n) is 4.05. The summed E-state index contributed by atoms with van der Waals surface area (Å²) >= 11 is 0. The van der Waals surface area contributed by atoms with Gasteiger partial charge in [-0.05, 0) is 48.7 Å². The lowest BCUT2D eigenvalue weighted by Gasteiger charge is -2.12. The van der Waals surface area contributed by atoms with Crippen LogP contribution in [0.15, 0.2) is 42.5 Å². The predicted molar refractivity (Wildman–Crippen MR) is 93.4 cm³/mol. The van der Waals surface area contributed by atoms with E-state index in [9.17, 15) is 4.79 Å². The molecule has 3 aromatic rings. The van der Waals surface area contributed by atoms with Crippen LogP contribution < -0.4 is 10.1 Å². The van der Waals surface area contributed by atoms with E-state index < -0.39 is 0 Å². The molecule has 0 saturated carbocycles. The molecule has 23 heavy (non-hydrogen) atoms. The van der Waals surface area contributed by atoms with Crippen molar-refractivity contribution in [1.82, 2.24) is 4.98 Å². The van der Waals surface area contributed by atoms with Gasteiger partial charge in [0.1, 0.15) is 11.4 Å². The summed E-state index contributed by atoms with van der Waals surface area (Å²) in [6, 6.07) is 13.6. The van der Waals surface area contributed by atoms with Gasteiger partial charge in [0.2, 0.25) is 0 Å². The number of benzene rings is 2. The number of amides is 1. The van der Waals surface area contributed by atoms with Crippen LogP contribution in [0.1, 0.15) is 28.5 Å². The van der Waals surface area contributed by atoms with Crippen molar-refractivity contribution in [3.8, 4) is 5.75 Å². The summed E-state index contributed by atoms with van der Waals surface area (Å²) in [6.45, 7) is 4.09. The van der Waals surface area contributed by atoms with Gasteiger partial charge in [0, 0.05) is 16.6 Å². The molecule has 0 fully saturated rings. The molecule has 0 aliphatic carbocycles. The van der Waals surface area contributed by atoms with E-state index in [1.165, 1.54) is 0 Å². The van der Waals surface area contributed by atoms with Gasteiger partial charge in [0.15, 0.2) is 0 Å². The summed E-state index contributed by atoms with van der Waals surface area (Å²) in [5, 5.41) is 3.99. The Morgan fingerprint density at radius 2 is 2.04 bits per heavy atom. The Balaban J connectivity index is 1.92. The molecule has 0 bridgehead atoms. The predicted octanol–water partition coefficient (Wildman–Crippen LogP) is 4.30. The standard InChI is InChI=1S/C19H20N2O2/c1-4-13-7-5-6-12(2)18(13)21-19(22)17-11-14-10-15(23-3)8-9-16(14)20-17/h5-11,20H,4H2,1-3H3,(H,21,22). The molecule has 4 heteroatoms. The second kappa shape index (κ2) is 6.16. The molecular weight excluding hydrogens is 288 g/mol. The average molecular weight is 308 g/mol. The fraction of sp³-hybridized carbons (Fsp3) is 0.211. The number of methoxy groups -OCH3 is 1. The van der Waals surface area contributed by atoms with E-state index >= 15 is 0 Å². The number of hydrogen-bond donors (Lipinski definition) is 2. The fourth-order valence-electron chi connectivity index (χ4n) is 2.74. The van der Waals surface area contributed by atoms with Gasteiger partial charge in [0.05, 0.1) is 7.11 Å². The number of rotatable bonds is 4. The molecule has 1 amide bonds. The zero-order valence-corrected chi connectivity index (χ0v) is 13.6. The van der Waals surface area contributed by atoms with Crippen molar-refractivity contribution in [1.29, 1.82) is 0 Å². The number of anilines is 1. The van der Waals surface area contributed by atoms with E-state index in [1.54, 1.807) is 7.11 Å². The van der Waals surface area contributed by atoms with Crippen molar-refractivity contribution < 1.29 is 9.53 Å².